The number of rotatable bonds is 4. The molecule has 0 heterocycles. The van der Waals surface area contributed by atoms with E-state index in [1.807, 2.05) is 0 Å². The normalized spacial score (nSPS) is 10.7. The van der Waals surface area contributed by atoms with Crippen molar-refractivity contribution >= 4 is 40.6 Å². The molecule has 2 aromatic carbocycles. The topological polar surface area (TPSA) is 55.1 Å². The quantitative estimate of drug-likeness (QED) is 0.642. The summed E-state index contributed by atoms with van der Waals surface area (Å²) in [5, 5.41) is 3.03. The second-order valence-corrected chi connectivity index (χ2v) is 5.56. The smallest absolute Gasteiger partial charge is 0.288 e. The highest BCUT2D eigenvalue weighted by molar-refractivity contribution is 7.99. The number of anilines is 2. The summed E-state index contributed by atoms with van der Waals surface area (Å²) in [4.78, 5) is 12.4. The molecule has 1 amide bonds. The van der Waals surface area contributed by atoms with Crippen LogP contribution in [0, 0.1) is 0 Å². The van der Waals surface area contributed by atoms with Crippen LogP contribution in [-0.4, -0.2) is 11.7 Å². The molecule has 0 aliphatic carbocycles. The van der Waals surface area contributed by atoms with Gasteiger partial charge in [0.05, 0.1) is 10.7 Å². The molecule has 0 radical (unpaired) electrons. The number of benzene rings is 2. The monoisotopic (exact) mass is 328 g/mol. The Morgan fingerprint density at radius 3 is 2.43 bits per heavy atom. The van der Waals surface area contributed by atoms with Gasteiger partial charge in [0.25, 0.3) is 11.7 Å². The van der Waals surface area contributed by atoms with E-state index in [1.165, 1.54) is 24.3 Å². The second kappa shape index (κ2) is 6.78. The highest BCUT2D eigenvalue weighted by atomic mass is 35.5. The fraction of sp³-hybridized carbons (Fsp3) is 0.0714. The van der Waals surface area contributed by atoms with Crippen molar-refractivity contribution in [3.05, 3.63) is 53.1 Å². The molecule has 0 spiro atoms. The number of carbonyl (C=O) groups excluding carboxylic acids is 1. The molecule has 3 N–H and O–H groups in total. The Morgan fingerprint density at radius 1 is 1.19 bits per heavy atom. The minimum Gasteiger partial charge on any atom is -0.398 e. The van der Waals surface area contributed by atoms with E-state index in [0.717, 1.165) is 0 Å². The number of nitrogens with two attached hydrogens (primary N) is 1. The van der Waals surface area contributed by atoms with Crippen molar-refractivity contribution in [3.63, 3.8) is 0 Å². The van der Waals surface area contributed by atoms with Gasteiger partial charge in [-0.05, 0) is 42.5 Å². The van der Waals surface area contributed by atoms with Crippen molar-refractivity contribution < 1.29 is 13.6 Å². The van der Waals surface area contributed by atoms with Crippen molar-refractivity contribution in [1.82, 2.24) is 0 Å². The van der Waals surface area contributed by atoms with Crippen LogP contribution < -0.4 is 11.1 Å². The molecule has 0 aromatic heterocycles. The standard InChI is InChI=1S/C14H11ClF2N2OS/c15-11-6-1-8(7-12(11)18)13(20)19-9-2-4-10(5-3-9)21-14(16)17/h1-7,14H,18H2,(H,19,20). The van der Waals surface area contributed by atoms with Gasteiger partial charge in [0, 0.05) is 16.1 Å². The van der Waals surface area contributed by atoms with E-state index in [0.29, 0.717) is 38.6 Å². The van der Waals surface area contributed by atoms with E-state index in [2.05, 4.69) is 5.32 Å². The number of thioether (sulfide) groups is 1. The number of hydrogen-bond donors (Lipinski definition) is 2. The molecular weight excluding hydrogens is 318 g/mol. The van der Waals surface area contributed by atoms with Gasteiger partial charge in [-0.3, -0.25) is 4.79 Å². The summed E-state index contributed by atoms with van der Waals surface area (Å²) in [5.74, 6) is -2.82. The molecule has 21 heavy (non-hydrogen) atoms. The number of alkyl halides is 2. The highest BCUT2D eigenvalue weighted by Gasteiger charge is 2.09. The first-order valence-electron chi connectivity index (χ1n) is 5.87. The van der Waals surface area contributed by atoms with Gasteiger partial charge < -0.3 is 11.1 Å². The molecule has 2 rings (SSSR count). The Morgan fingerprint density at radius 2 is 1.86 bits per heavy atom. The molecule has 0 saturated heterocycles. The molecule has 7 heteroatoms. The molecule has 0 aliphatic rings. The third-order valence-corrected chi connectivity index (χ3v) is 3.66. The molecule has 0 atom stereocenters. The lowest BCUT2D eigenvalue weighted by Gasteiger charge is -2.07. The van der Waals surface area contributed by atoms with Gasteiger partial charge in [-0.15, -0.1) is 0 Å². The number of carbonyl (C=O) groups is 1. The van der Waals surface area contributed by atoms with Gasteiger partial charge in [0.1, 0.15) is 0 Å². The molecular formula is C14H11ClF2N2OS. The van der Waals surface area contributed by atoms with Gasteiger partial charge >= 0.3 is 0 Å². The SMILES string of the molecule is Nc1cc(C(=O)Nc2ccc(SC(F)F)cc2)ccc1Cl. The molecule has 0 bridgehead atoms. The van der Waals surface area contributed by atoms with Gasteiger partial charge in [-0.2, -0.15) is 8.78 Å². The van der Waals surface area contributed by atoms with Crippen molar-refractivity contribution in [2.45, 2.75) is 10.7 Å². The van der Waals surface area contributed by atoms with E-state index in [-0.39, 0.29) is 5.91 Å². The second-order valence-electron chi connectivity index (χ2n) is 4.09. The van der Waals surface area contributed by atoms with Crippen LogP contribution in [-0.2, 0) is 0 Å². The predicted octanol–water partition coefficient (Wildman–Crippen LogP) is 4.49. The number of nitrogens with one attached hydrogen (secondary N) is 1. The zero-order chi connectivity index (χ0) is 15.4. The Labute approximate surface area is 129 Å². The largest absolute Gasteiger partial charge is 0.398 e. The maximum atomic E-state index is 12.2. The summed E-state index contributed by atoms with van der Waals surface area (Å²) >= 11 is 6.23. The molecule has 0 aliphatic heterocycles. The van der Waals surface area contributed by atoms with Crippen LogP contribution in [0.15, 0.2) is 47.4 Å². The van der Waals surface area contributed by atoms with Gasteiger partial charge in [-0.1, -0.05) is 23.4 Å². The lowest BCUT2D eigenvalue weighted by Crippen LogP contribution is -2.12. The first kappa shape index (κ1) is 15.6. The van der Waals surface area contributed by atoms with Crippen LogP contribution in [0.2, 0.25) is 5.02 Å². The number of amides is 1. The predicted molar refractivity (Wildman–Crippen MR) is 82.1 cm³/mol. The number of halogens is 3. The highest BCUT2D eigenvalue weighted by Crippen LogP contribution is 2.26. The zero-order valence-corrected chi connectivity index (χ0v) is 12.2. The van der Waals surface area contributed by atoms with Crippen molar-refractivity contribution in [1.29, 1.82) is 0 Å². The Balaban J connectivity index is 2.06. The molecule has 110 valence electrons. The average Bonchev–Trinajstić information content (AvgIpc) is 2.43. The summed E-state index contributed by atoms with van der Waals surface area (Å²) in [7, 11) is 0. The first-order valence-corrected chi connectivity index (χ1v) is 7.13. The lowest BCUT2D eigenvalue weighted by molar-refractivity contribution is 0.102. The van der Waals surface area contributed by atoms with Crippen molar-refractivity contribution in [2.24, 2.45) is 0 Å². The average molecular weight is 329 g/mol. The van der Waals surface area contributed by atoms with Crippen LogP contribution in [0.5, 0.6) is 0 Å². The fourth-order valence-corrected chi connectivity index (χ4v) is 2.22. The summed E-state index contributed by atoms with van der Waals surface area (Å²) < 4.78 is 24.4. The van der Waals surface area contributed by atoms with E-state index >= 15 is 0 Å². The first-order chi connectivity index (χ1) is 9.95. The number of nitrogen functional groups attached to an aromatic ring is 1. The Hall–Kier alpha value is -1.79. The Bertz CT molecular complexity index is 650. The number of hydrogen-bond acceptors (Lipinski definition) is 3. The van der Waals surface area contributed by atoms with Crippen LogP contribution >= 0.6 is 23.4 Å². The van der Waals surface area contributed by atoms with Crippen LogP contribution in [0.4, 0.5) is 20.2 Å². The van der Waals surface area contributed by atoms with Gasteiger partial charge in [0.2, 0.25) is 0 Å². The van der Waals surface area contributed by atoms with Crippen molar-refractivity contribution in [3.8, 4) is 0 Å². The molecule has 0 unspecified atom stereocenters. The summed E-state index contributed by atoms with van der Waals surface area (Å²) in [6, 6.07) is 10.7. The van der Waals surface area contributed by atoms with Crippen LogP contribution in [0.25, 0.3) is 0 Å². The van der Waals surface area contributed by atoms with Crippen LogP contribution in [0.1, 0.15) is 10.4 Å². The molecule has 0 saturated carbocycles. The summed E-state index contributed by atoms with van der Waals surface area (Å²) in [6.45, 7) is 0. The van der Waals surface area contributed by atoms with E-state index in [4.69, 9.17) is 17.3 Å². The molecule has 0 fully saturated rings. The third kappa shape index (κ3) is 4.34. The maximum Gasteiger partial charge on any atom is 0.288 e. The van der Waals surface area contributed by atoms with E-state index in [9.17, 15) is 13.6 Å². The maximum absolute atomic E-state index is 12.2. The van der Waals surface area contributed by atoms with Crippen LogP contribution in [0.3, 0.4) is 0 Å². The van der Waals surface area contributed by atoms with E-state index in [1.54, 1.807) is 18.2 Å². The van der Waals surface area contributed by atoms with Gasteiger partial charge in [-0.25, -0.2) is 0 Å². The lowest BCUT2D eigenvalue weighted by atomic mass is 10.2. The summed E-state index contributed by atoms with van der Waals surface area (Å²) in [5.41, 5.74) is 6.82. The van der Waals surface area contributed by atoms with E-state index < -0.39 is 5.76 Å². The zero-order valence-electron chi connectivity index (χ0n) is 10.6. The van der Waals surface area contributed by atoms with Gasteiger partial charge in [0.15, 0.2) is 0 Å². The molecule has 3 nitrogen and oxygen atoms in total. The Kier molecular flexibility index (Phi) is 5.03. The molecule has 2 aromatic rings. The fourth-order valence-electron chi connectivity index (χ4n) is 1.61. The summed E-state index contributed by atoms with van der Waals surface area (Å²) in [6.07, 6.45) is 0. The minimum atomic E-state index is -2.47. The third-order valence-electron chi connectivity index (χ3n) is 2.60. The van der Waals surface area contributed by atoms with Crippen molar-refractivity contribution in [2.75, 3.05) is 11.1 Å². The minimum absolute atomic E-state index is 0.313.